The third kappa shape index (κ3) is 7.53. The molecule has 4 rings (SSSR count). The zero-order chi connectivity index (χ0) is 30.4. The van der Waals surface area contributed by atoms with E-state index in [0.29, 0.717) is 16.8 Å². The zero-order valence-corrected chi connectivity index (χ0v) is 23.7. The molecule has 12 heteroatoms. The SMILES string of the molecule is Cc1cn(CCC(=O)Cc2ccc(N=Cc3ccc(CC(=O)CCn4cc(C)c(=O)[nH]c4=O)n3C)cc2)c(=O)[nH]c1=O. The first-order valence-corrected chi connectivity index (χ1v) is 13.4. The van der Waals surface area contributed by atoms with Gasteiger partial charge in [-0.1, -0.05) is 12.1 Å². The molecule has 2 N–H and O–H groups in total. The van der Waals surface area contributed by atoms with Crippen molar-refractivity contribution in [3.8, 4) is 0 Å². The number of aromatic amines is 2. The standard InChI is InChI=1S/C30H32N6O6/c1-19-17-35(29(41)32-27(19)39)12-10-25(37)14-21-4-6-22(7-5-21)31-16-24-9-8-23(34(24)3)15-26(38)11-13-36-18-20(2)28(40)33-30(36)42/h4-9,16-18H,10-15H2,1-3H3,(H,32,39,41)(H,33,40,42). The molecule has 12 nitrogen and oxygen atoms in total. The van der Waals surface area contributed by atoms with Gasteiger partial charge in [0.1, 0.15) is 11.6 Å². The number of aliphatic imine (C=N–C) groups is 1. The summed E-state index contributed by atoms with van der Waals surface area (Å²) in [4.78, 5) is 80.8. The van der Waals surface area contributed by atoms with Crippen LogP contribution >= 0.6 is 0 Å². The number of rotatable bonds is 12. The van der Waals surface area contributed by atoms with Crippen molar-refractivity contribution in [3.05, 3.63) is 119 Å². The van der Waals surface area contributed by atoms with Crippen molar-refractivity contribution in [1.82, 2.24) is 23.7 Å². The van der Waals surface area contributed by atoms with E-state index in [2.05, 4.69) is 15.0 Å². The van der Waals surface area contributed by atoms with Gasteiger partial charge < -0.3 is 4.57 Å². The summed E-state index contributed by atoms with van der Waals surface area (Å²) in [6.07, 6.45) is 5.33. The predicted molar refractivity (Wildman–Crippen MR) is 158 cm³/mol. The average molecular weight is 573 g/mol. The molecule has 0 saturated carbocycles. The van der Waals surface area contributed by atoms with Gasteiger partial charge in [0, 0.05) is 75.0 Å². The van der Waals surface area contributed by atoms with E-state index in [1.807, 2.05) is 48.0 Å². The Balaban J connectivity index is 1.29. The molecule has 3 heterocycles. The van der Waals surface area contributed by atoms with Crippen LogP contribution < -0.4 is 22.5 Å². The van der Waals surface area contributed by atoms with Crippen molar-refractivity contribution < 1.29 is 9.59 Å². The van der Waals surface area contributed by atoms with Crippen molar-refractivity contribution in [1.29, 1.82) is 0 Å². The number of nitrogens with one attached hydrogen (secondary N) is 2. The van der Waals surface area contributed by atoms with Gasteiger partial charge >= 0.3 is 11.4 Å². The summed E-state index contributed by atoms with van der Waals surface area (Å²) in [7, 11) is 1.84. The number of carbonyl (C=O) groups is 2. The van der Waals surface area contributed by atoms with Gasteiger partial charge in [-0.05, 0) is 43.7 Å². The molecule has 0 aliphatic rings. The van der Waals surface area contributed by atoms with Crippen molar-refractivity contribution in [2.24, 2.45) is 12.0 Å². The first kappa shape index (κ1) is 29.8. The monoisotopic (exact) mass is 572 g/mol. The highest BCUT2D eigenvalue weighted by molar-refractivity contribution is 5.83. The Labute approximate surface area is 240 Å². The topological polar surface area (TPSA) is 161 Å². The van der Waals surface area contributed by atoms with E-state index < -0.39 is 22.5 Å². The summed E-state index contributed by atoms with van der Waals surface area (Å²) in [6.45, 7) is 3.58. The number of benzene rings is 1. The van der Waals surface area contributed by atoms with E-state index in [1.165, 1.54) is 21.5 Å². The summed E-state index contributed by atoms with van der Waals surface area (Å²) >= 11 is 0. The Bertz CT molecular complexity index is 1890. The molecule has 0 aliphatic heterocycles. The smallest absolute Gasteiger partial charge is 0.328 e. The molecule has 1 aromatic carbocycles. The molecule has 0 aliphatic carbocycles. The third-order valence-electron chi connectivity index (χ3n) is 6.97. The highest BCUT2D eigenvalue weighted by Crippen LogP contribution is 2.15. The van der Waals surface area contributed by atoms with Crippen LogP contribution in [0.1, 0.15) is 40.9 Å². The molecule has 42 heavy (non-hydrogen) atoms. The van der Waals surface area contributed by atoms with Crippen LogP contribution in [0.15, 0.2) is 73.0 Å². The Morgan fingerprint density at radius 1 is 0.762 bits per heavy atom. The molecule has 0 atom stereocenters. The summed E-state index contributed by atoms with van der Waals surface area (Å²) in [6, 6.07) is 11.0. The highest BCUT2D eigenvalue weighted by Gasteiger charge is 2.11. The molecule has 218 valence electrons. The van der Waals surface area contributed by atoms with Gasteiger partial charge in [-0.3, -0.25) is 43.3 Å². The molecule has 0 radical (unpaired) electrons. The van der Waals surface area contributed by atoms with Crippen LogP contribution in [0.25, 0.3) is 0 Å². The van der Waals surface area contributed by atoms with E-state index in [-0.39, 0.29) is 50.3 Å². The van der Waals surface area contributed by atoms with Gasteiger partial charge in [0.2, 0.25) is 0 Å². The van der Waals surface area contributed by atoms with E-state index in [4.69, 9.17) is 0 Å². The second-order valence-corrected chi connectivity index (χ2v) is 10.2. The number of carbonyl (C=O) groups excluding carboxylic acids is 2. The number of Topliss-reactive ketones (excluding diaryl/α,β-unsaturated/α-hetero) is 2. The Kier molecular flexibility index (Phi) is 9.25. The van der Waals surface area contributed by atoms with Gasteiger partial charge in [0.25, 0.3) is 11.1 Å². The number of nitrogens with zero attached hydrogens (tertiary/aromatic N) is 4. The van der Waals surface area contributed by atoms with Crippen molar-refractivity contribution in [2.45, 2.75) is 52.6 Å². The molecule has 0 bridgehead atoms. The number of aryl methyl sites for hydroxylation is 4. The van der Waals surface area contributed by atoms with E-state index >= 15 is 0 Å². The fourth-order valence-corrected chi connectivity index (χ4v) is 4.38. The lowest BCUT2D eigenvalue weighted by atomic mass is 10.1. The lowest BCUT2D eigenvalue weighted by Gasteiger charge is -2.07. The van der Waals surface area contributed by atoms with Crippen LogP contribution in [-0.4, -0.2) is 41.5 Å². The minimum Gasteiger partial charge on any atom is -0.346 e. The minimum atomic E-state index is -0.536. The average Bonchev–Trinajstić information content (AvgIpc) is 3.29. The van der Waals surface area contributed by atoms with Gasteiger partial charge in [0.05, 0.1) is 17.6 Å². The Morgan fingerprint density at radius 3 is 1.83 bits per heavy atom. The fraction of sp³-hybridized carbons (Fsp3) is 0.300. The normalized spacial score (nSPS) is 11.3. The molecule has 0 fully saturated rings. The largest absolute Gasteiger partial charge is 0.346 e. The van der Waals surface area contributed by atoms with Crippen LogP contribution in [0.4, 0.5) is 5.69 Å². The van der Waals surface area contributed by atoms with Gasteiger partial charge in [-0.25, -0.2) is 9.59 Å². The lowest BCUT2D eigenvalue weighted by Crippen LogP contribution is -2.31. The summed E-state index contributed by atoms with van der Waals surface area (Å²) in [5.74, 6) is -0.0739. The number of ketones is 2. The maximum absolute atomic E-state index is 12.6. The molecule has 0 unspecified atom stereocenters. The van der Waals surface area contributed by atoms with Crippen molar-refractivity contribution in [3.63, 3.8) is 0 Å². The maximum Gasteiger partial charge on any atom is 0.328 e. The van der Waals surface area contributed by atoms with Gasteiger partial charge in [-0.15, -0.1) is 0 Å². The maximum atomic E-state index is 12.6. The molecule has 3 aromatic heterocycles. The van der Waals surface area contributed by atoms with Crippen molar-refractivity contribution >= 4 is 23.5 Å². The number of H-pyrrole nitrogens is 2. The van der Waals surface area contributed by atoms with Crippen LogP contribution in [0.2, 0.25) is 0 Å². The first-order valence-electron chi connectivity index (χ1n) is 13.4. The van der Waals surface area contributed by atoms with Gasteiger partial charge in [0.15, 0.2) is 0 Å². The van der Waals surface area contributed by atoms with Crippen molar-refractivity contribution in [2.75, 3.05) is 0 Å². The highest BCUT2D eigenvalue weighted by atomic mass is 16.2. The van der Waals surface area contributed by atoms with Crippen LogP contribution in [0.5, 0.6) is 0 Å². The van der Waals surface area contributed by atoms with E-state index in [0.717, 1.165) is 17.0 Å². The van der Waals surface area contributed by atoms with E-state index in [1.54, 1.807) is 20.1 Å². The molecule has 0 spiro atoms. The first-order chi connectivity index (χ1) is 20.0. The summed E-state index contributed by atoms with van der Waals surface area (Å²) in [5, 5.41) is 0. The fourth-order valence-electron chi connectivity index (χ4n) is 4.38. The molecule has 4 aromatic rings. The second-order valence-electron chi connectivity index (χ2n) is 10.2. The Hall–Kier alpha value is -5.13. The quantitative estimate of drug-likeness (QED) is 0.245. The molecule has 0 amide bonds. The summed E-state index contributed by atoms with van der Waals surface area (Å²) < 4.78 is 4.53. The predicted octanol–water partition coefficient (Wildman–Crippen LogP) is 1.50. The number of hydrogen-bond acceptors (Lipinski definition) is 7. The molecule has 0 saturated heterocycles. The molecular weight excluding hydrogens is 540 g/mol. The molecular formula is C30H32N6O6. The minimum absolute atomic E-state index is 0.0336. The third-order valence-corrected chi connectivity index (χ3v) is 6.97. The van der Waals surface area contributed by atoms with E-state index in [9.17, 15) is 28.8 Å². The Morgan fingerprint density at radius 2 is 1.29 bits per heavy atom. The number of hydrogen-bond donors (Lipinski definition) is 2. The number of aromatic nitrogens is 5. The van der Waals surface area contributed by atoms with Crippen LogP contribution in [0, 0.1) is 13.8 Å². The second kappa shape index (κ2) is 13.0. The zero-order valence-electron chi connectivity index (χ0n) is 23.7. The van der Waals surface area contributed by atoms with Gasteiger partial charge in [-0.2, -0.15) is 0 Å². The van der Waals surface area contributed by atoms with Crippen LogP contribution in [-0.2, 0) is 42.6 Å². The van der Waals surface area contributed by atoms with Crippen LogP contribution in [0.3, 0.4) is 0 Å². The lowest BCUT2D eigenvalue weighted by molar-refractivity contribution is -0.119. The summed E-state index contributed by atoms with van der Waals surface area (Å²) in [5.41, 5.74) is 2.01.